The summed E-state index contributed by atoms with van der Waals surface area (Å²) in [5.41, 5.74) is -2.40. The summed E-state index contributed by atoms with van der Waals surface area (Å²) in [6, 6.07) is 0. The van der Waals surface area contributed by atoms with Gasteiger partial charge >= 0.3 is 17.9 Å². The summed E-state index contributed by atoms with van der Waals surface area (Å²) in [5.74, 6) is -3.18. The molecule has 0 bridgehead atoms. The Morgan fingerprint density at radius 2 is 1.39 bits per heavy atom. The lowest BCUT2D eigenvalue weighted by Gasteiger charge is -2.25. The van der Waals surface area contributed by atoms with Crippen LogP contribution in [0.3, 0.4) is 0 Å². The second-order valence-electron chi connectivity index (χ2n) is 6.83. The fourth-order valence-electron chi connectivity index (χ4n) is 2.32. The molecular formula is C20H34O8. The number of hydrogen-bond donors (Lipinski definition) is 1. The van der Waals surface area contributed by atoms with Crippen molar-refractivity contribution in [1.29, 1.82) is 0 Å². The van der Waals surface area contributed by atoms with Crippen molar-refractivity contribution < 1.29 is 38.5 Å². The molecule has 0 aromatic rings. The van der Waals surface area contributed by atoms with E-state index in [2.05, 4.69) is 0 Å². The quantitative estimate of drug-likeness (QED) is 0.252. The SMILES string of the molecule is CCCCOC(=O)CC(O)(CC(=O)OC(CCC)C(C)=O)C(=O)OCCCC. The molecule has 0 aromatic carbocycles. The maximum absolute atomic E-state index is 12.3. The van der Waals surface area contributed by atoms with Crippen molar-refractivity contribution in [2.45, 2.75) is 90.8 Å². The highest BCUT2D eigenvalue weighted by Crippen LogP contribution is 2.21. The molecule has 0 spiro atoms. The fraction of sp³-hybridized carbons (Fsp3) is 0.800. The normalized spacial score (nSPS) is 13.9. The maximum Gasteiger partial charge on any atom is 0.339 e. The molecule has 0 radical (unpaired) electrons. The van der Waals surface area contributed by atoms with Crippen LogP contribution in [0.25, 0.3) is 0 Å². The first-order valence-electron chi connectivity index (χ1n) is 9.95. The third kappa shape index (κ3) is 10.4. The first-order valence-corrected chi connectivity index (χ1v) is 9.95. The summed E-state index contributed by atoms with van der Waals surface area (Å²) in [4.78, 5) is 48.1. The van der Waals surface area contributed by atoms with Gasteiger partial charge in [0.2, 0.25) is 0 Å². The maximum atomic E-state index is 12.3. The predicted molar refractivity (Wildman–Crippen MR) is 101 cm³/mol. The van der Waals surface area contributed by atoms with Crippen LogP contribution in [0.1, 0.15) is 79.1 Å². The molecule has 1 N–H and O–H groups in total. The third-order valence-corrected chi connectivity index (χ3v) is 4.02. The number of ketones is 1. The monoisotopic (exact) mass is 402 g/mol. The topological polar surface area (TPSA) is 116 Å². The van der Waals surface area contributed by atoms with Gasteiger partial charge in [-0.15, -0.1) is 0 Å². The van der Waals surface area contributed by atoms with E-state index in [0.717, 1.165) is 12.8 Å². The van der Waals surface area contributed by atoms with Crippen LogP contribution in [-0.4, -0.2) is 53.7 Å². The molecule has 0 amide bonds. The minimum atomic E-state index is -2.40. The number of ether oxygens (including phenoxy) is 3. The largest absolute Gasteiger partial charge is 0.466 e. The van der Waals surface area contributed by atoms with Crippen molar-refractivity contribution in [3.8, 4) is 0 Å². The second-order valence-corrected chi connectivity index (χ2v) is 6.83. The number of carbonyl (C=O) groups is 4. The molecule has 0 heterocycles. The zero-order valence-corrected chi connectivity index (χ0v) is 17.5. The molecule has 2 unspecified atom stereocenters. The third-order valence-electron chi connectivity index (χ3n) is 4.02. The summed E-state index contributed by atoms with van der Waals surface area (Å²) in [6.07, 6.45) is 1.28. The summed E-state index contributed by atoms with van der Waals surface area (Å²) >= 11 is 0. The van der Waals surface area contributed by atoms with Crippen molar-refractivity contribution in [3.63, 3.8) is 0 Å². The lowest BCUT2D eigenvalue weighted by Crippen LogP contribution is -2.45. The average Bonchev–Trinajstić information content (AvgIpc) is 2.61. The van der Waals surface area contributed by atoms with Gasteiger partial charge in [-0.05, 0) is 26.2 Å². The van der Waals surface area contributed by atoms with Crippen LogP contribution in [-0.2, 0) is 33.4 Å². The van der Waals surface area contributed by atoms with Crippen LogP contribution in [0.4, 0.5) is 0 Å². The van der Waals surface area contributed by atoms with E-state index in [4.69, 9.17) is 14.2 Å². The minimum Gasteiger partial charge on any atom is -0.466 e. The van der Waals surface area contributed by atoms with Crippen molar-refractivity contribution >= 4 is 23.7 Å². The van der Waals surface area contributed by atoms with Crippen LogP contribution in [0.15, 0.2) is 0 Å². The highest BCUT2D eigenvalue weighted by molar-refractivity contribution is 5.91. The average molecular weight is 402 g/mol. The summed E-state index contributed by atoms with van der Waals surface area (Å²) < 4.78 is 15.1. The van der Waals surface area contributed by atoms with E-state index in [0.29, 0.717) is 25.7 Å². The van der Waals surface area contributed by atoms with Gasteiger partial charge in [0.25, 0.3) is 0 Å². The van der Waals surface area contributed by atoms with Gasteiger partial charge in [0.1, 0.15) is 0 Å². The van der Waals surface area contributed by atoms with Crippen LogP contribution >= 0.6 is 0 Å². The molecule has 0 aliphatic carbocycles. The Hall–Kier alpha value is -1.96. The van der Waals surface area contributed by atoms with Gasteiger partial charge in [0, 0.05) is 0 Å². The van der Waals surface area contributed by atoms with E-state index < -0.39 is 42.5 Å². The summed E-state index contributed by atoms with van der Waals surface area (Å²) in [6.45, 7) is 7.17. The van der Waals surface area contributed by atoms with Gasteiger partial charge < -0.3 is 19.3 Å². The molecule has 0 aromatic heterocycles. The standard InChI is InChI=1S/C20H34O8/c1-5-8-11-26-17(22)13-20(25,19(24)27-12-9-6-2)14-18(23)28-16(10-7-3)15(4)21/h16,25H,5-14H2,1-4H3. The zero-order chi connectivity index (χ0) is 21.6. The lowest BCUT2D eigenvalue weighted by molar-refractivity contribution is -0.179. The van der Waals surface area contributed by atoms with E-state index in [1.165, 1.54) is 6.92 Å². The van der Waals surface area contributed by atoms with Gasteiger partial charge in [-0.2, -0.15) is 0 Å². The van der Waals surface area contributed by atoms with E-state index in [-0.39, 0.29) is 19.0 Å². The molecule has 0 fully saturated rings. The lowest BCUT2D eigenvalue weighted by atomic mass is 9.95. The molecule has 0 saturated heterocycles. The van der Waals surface area contributed by atoms with E-state index in [1.54, 1.807) is 0 Å². The highest BCUT2D eigenvalue weighted by atomic mass is 16.6. The van der Waals surface area contributed by atoms with Crippen LogP contribution < -0.4 is 0 Å². The number of aliphatic hydroxyl groups is 1. The molecule has 0 saturated carbocycles. The molecular weight excluding hydrogens is 368 g/mol. The Labute approximate surface area is 166 Å². The molecule has 162 valence electrons. The number of carbonyl (C=O) groups excluding carboxylic acids is 4. The van der Waals surface area contributed by atoms with Gasteiger partial charge in [0.05, 0.1) is 26.1 Å². The van der Waals surface area contributed by atoms with E-state index in [9.17, 15) is 24.3 Å². The Morgan fingerprint density at radius 3 is 1.89 bits per heavy atom. The van der Waals surface area contributed by atoms with Crippen LogP contribution in [0.5, 0.6) is 0 Å². The summed E-state index contributed by atoms with van der Waals surface area (Å²) in [5, 5.41) is 10.7. The smallest absolute Gasteiger partial charge is 0.339 e. The van der Waals surface area contributed by atoms with Crippen molar-refractivity contribution in [2.24, 2.45) is 0 Å². The Bertz CT molecular complexity index is 516. The number of rotatable bonds is 15. The Balaban J connectivity index is 5.13. The van der Waals surface area contributed by atoms with Gasteiger partial charge in [0.15, 0.2) is 17.5 Å². The predicted octanol–water partition coefficient (Wildman–Crippen LogP) is 2.49. The number of hydrogen-bond acceptors (Lipinski definition) is 8. The Morgan fingerprint density at radius 1 is 0.857 bits per heavy atom. The summed E-state index contributed by atoms with van der Waals surface area (Å²) in [7, 11) is 0. The molecule has 0 aliphatic heterocycles. The van der Waals surface area contributed by atoms with Crippen molar-refractivity contribution in [3.05, 3.63) is 0 Å². The second kappa shape index (κ2) is 14.1. The molecule has 0 rings (SSSR count). The Kier molecular flexibility index (Phi) is 13.1. The number of unbranched alkanes of at least 4 members (excludes halogenated alkanes) is 2. The van der Waals surface area contributed by atoms with Crippen molar-refractivity contribution in [2.75, 3.05) is 13.2 Å². The first kappa shape index (κ1) is 26.0. The van der Waals surface area contributed by atoms with Crippen LogP contribution in [0, 0.1) is 0 Å². The first-order chi connectivity index (χ1) is 13.2. The highest BCUT2D eigenvalue weighted by Gasteiger charge is 2.43. The molecule has 8 nitrogen and oxygen atoms in total. The molecule has 28 heavy (non-hydrogen) atoms. The molecule has 2 atom stereocenters. The van der Waals surface area contributed by atoms with Crippen molar-refractivity contribution in [1.82, 2.24) is 0 Å². The van der Waals surface area contributed by atoms with Gasteiger partial charge in [-0.1, -0.05) is 40.0 Å². The molecule has 8 heteroatoms. The fourth-order valence-corrected chi connectivity index (χ4v) is 2.32. The van der Waals surface area contributed by atoms with Gasteiger partial charge in [-0.3, -0.25) is 14.4 Å². The zero-order valence-electron chi connectivity index (χ0n) is 17.5. The van der Waals surface area contributed by atoms with E-state index in [1.807, 2.05) is 20.8 Å². The minimum absolute atomic E-state index is 0.0590. The van der Waals surface area contributed by atoms with E-state index >= 15 is 0 Å². The molecule has 0 aliphatic rings. The van der Waals surface area contributed by atoms with Crippen LogP contribution in [0.2, 0.25) is 0 Å². The van der Waals surface area contributed by atoms with Gasteiger partial charge in [-0.25, -0.2) is 4.79 Å². The number of Topliss-reactive ketones (excluding diaryl/α,β-unsaturated/α-hetero) is 1. The number of esters is 3.